The van der Waals surface area contributed by atoms with E-state index >= 15 is 0 Å². The summed E-state index contributed by atoms with van der Waals surface area (Å²) in [5, 5.41) is 11.4. The van der Waals surface area contributed by atoms with Gasteiger partial charge in [-0.25, -0.2) is 4.79 Å². The molecule has 0 aromatic carbocycles. The average molecular weight is 248 g/mol. The molecule has 0 saturated heterocycles. The maximum atomic E-state index is 11.4. The topological polar surface area (TPSA) is 92.4 Å². The van der Waals surface area contributed by atoms with Gasteiger partial charge in [0.25, 0.3) is 0 Å². The molecule has 1 atom stereocenters. The van der Waals surface area contributed by atoms with Crippen LogP contribution in [-0.4, -0.2) is 41.1 Å². The van der Waals surface area contributed by atoms with Gasteiger partial charge < -0.3 is 16.2 Å². The van der Waals surface area contributed by atoms with Crippen LogP contribution >= 0.6 is 11.8 Å². The van der Waals surface area contributed by atoms with Gasteiger partial charge in [0.15, 0.2) is 0 Å². The van der Waals surface area contributed by atoms with Crippen molar-refractivity contribution in [1.82, 2.24) is 5.32 Å². The van der Waals surface area contributed by atoms with Crippen LogP contribution in [0.15, 0.2) is 0 Å². The van der Waals surface area contributed by atoms with Crippen molar-refractivity contribution >= 4 is 23.6 Å². The van der Waals surface area contributed by atoms with Gasteiger partial charge in [-0.05, 0) is 6.42 Å². The molecule has 5 nitrogen and oxygen atoms in total. The third-order valence-electron chi connectivity index (χ3n) is 1.98. The summed E-state index contributed by atoms with van der Waals surface area (Å²) in [5.74, 6) is -0.222. The molecule has 0 aliphatic rings. The molecule has 0 aliphatic heterocycles. The second-order valence-corrected chi connectivity index (χ2v) is 4.55. The van der Waals surface area contributed by atoms with Crippen LogP contribution in [0.5, 0.6) is 0 Å². The number of rotatable bonds is 9. The summed E-state index contributed by atoms with van der Waals surface area (Å²) in [7, 11) is 0. The third kappa shape index (κ3) is 7.53. The zero-order chi connectivity index (χ0) is 12.4. The van der Waals surface area contributed by atoms with E-state index in [-0.39, 0.29) is 11.7 Å². The molecule has 0 bridgehead atoms. The molecule has 0 radical (unpaired) electrons. The first-order valence-electron chi connectivity index (χ1n) is 5.41. The van der Waals surface area contributed by atoms with Crippen molar-refractivity contribution in [3.8, 4) is 0 Å². The quantitative estimate of drug-likeness (QED) is 0.515. The van der Waals surface area contributed by atoms with E-state index in [0.29, 0.717) is 18.7 Å². The minimum Gasteiger partial charge on any atom is -0.480 e. The highest BCUT2D eigenvalue weighted by Crippen LogP contribution is 2.02. The monoisotopic (exact) mass is 248 g/mol. The molecule has 0 aromatic rings. The second-order valence-electron chi connectivity index (χ2n) is 3.44. The van der Waals surface area contributed by atoms with E-state index in [2.05, 4.69) is 5.32 Å². The Morgan fingerprint density at radius 2 is 2.19 bits per heavy atom. The Balaban J connectivity index is 3.88. The molecule has 1 unspecified atom stereocenters. The Hall–Kier alpha value is -0.750. The SMILES string of the molecule is CCCCC(NC(=O)CSCCN)C(=O)O. The summed E-state index contributed by atoms with van der Waals surface area (Å²) in [6.45, 7) is 2.51. The van der Waals surface area contributed by atoms with Crippen LogP contribution in [0.3, 0.4) is 0 Å². The van der Waals surface area contributed by atoms with Gasteiger partial charge in [-0.3, -0.25) is 4.79 Å². The maximum Gasteiger partial charge on any atom is 0.326 e. The Morgan fingerprint density at radius 1 is 1.50 bits per heavy atom. The summed E-state index contributed by atoms with van der Waals surface area (Å²) < 4.78 is 0. The minimum absolute atomic E-state index is 0.234. The van der Waals surface area contributed by atoms with Crippen molar-refractivity contribution in [2.45, 2.75) is 32.2 Å². The van der Waals surface area contributed by atoms with Gasteiger partial charge in [0.2, 0.25) is 5.91 Å². The van der Waals surface area contributed by atoms with Crippen LogP contribution < -0.4 is 11.1 Å². The first-order valence-corrected chi connectivity index (χ1v) is 6.57. The number of carbonyl (C=O) groups is 2. The molecule has 0 rings (SSSR count). The highest BCUT2D eigenvalue weighted by molar-refractivity contribution is 7.99. The largest absolute Gasteiger partial charge is 0.480 e. The molecule has 6 heteroatoms. The Labute approximate surface area is 100 Å². The number of carboxylic acids is 1. The number of nitrogens with one attached hydrogen (secondary N) is 1. The number of hydrogen-bond acceptors (Lipinski definition) is 4. The number of hydrogen-bond donors (Lipinski definition) is 3. The van der Waals surface area contributed by atoms with Crippen LogP contribution in [-0.2, 0) is 9.59 Å². The van der Waals surface area contributed by atoms with Crippen molar-refractivity contribution in [1.29, 1.82) is 0 Å². The van der Waals surface area contributed by atoms with Gasteiger partial charge in [-0.1, -0.05) is 19.8 Å². The number of unbranched alkanes of at least 4 members (excludes halogenated alkanes) is 1. The molecule has 0 fully saturated rings. The van der Waals surface area contributed by atoms with Crippen molar-refractivity contribution in [2.75, 3.05) is 18.1 Å². The number of amides is 1. The molecule has 0 aromatic heterocycles. The molecule has 0 saturated carbocycles. The first kappa shape index (κ1) is 15.2. The Morgan fingerprint density at radius 3 is 2.69 bits per heavy atom. The standard InChI is InChI=1S/C10H20N2O3S/c1-2-3-4-8(10(14)15)12-9(13)7-16-6-5-11/h8H,2-7,11H2,1H3,(H,12,13)(H,14,15). The highest BCUT2D eigenvalue weighted by Gasteiger charge is 2.18. The molecule has 16 heavy (non-hydrogen) atoms. The molecule has 1 amide bonds. The van der Waals surface area contributed by atoms with Gasteiger partial charge in [-0.15, -0.1) is 0 Å². The van der Waals surface area contributed by atoms with Gasteiger partial charge in [0.1, 0.15) is 6.04 Å². The molecule has 4 N–H and O–H groups in total. The van der Waals surface area contributed by atoms with Crippen molar-refractivity contribution in [3.63, 3.8) is 0 Å². The van der Waals surface area contributed by atoms with Crippen LogP contribution in [0.1, 0.15) is 26.2 Å². The third-order valence-corrected chi connectivity index (χ3v) is 2.97. The zero-order valence-corrected chi connectivity index (χ0v) is 10.4. The zero-order valence-electron chi connectivity index (χ0n) is 9.57. The molecule has 0 aliphatic carbocycles. The summed E-state index contributed by atoms with van der Waals surface area (Å²) in [6, 6.07) is -0.758. The van der Waals surface area contributed by atoms with E-state index in [9.17, 15) is 9.59 Å². The predicted molar refractivity (Wildman–Crippen MR) is 65.5 cm³/mol. The van der Waals surface area contributed by atoms with E-state index in [1.165, 1.54) is 11.8 Å². The Bertz CT molecular complexity index is 224. The fraction of sp³-hybridized carbons (Fsp3) is 0.800. The van der Waals surface area contributed by atoms with Gasteiger partial charge in [-0.2, -0.15) is 11.8 Å². The van der Waals surface area contributed by atoms with Crippen molar-refractivity contribution in [3.05, 3.63) is 0 Å². The molecule has 0 spiro atoms. The van der Waals surface area contributed by atoms with E-state index in [1.54, 1.807) is 0 Å². The van der Waals surface area contributed by atoms with Crippen LogP contribution in [0, 0.1) is 0 Å². The lowest BCUT2D eigenvalue weighted by atomic mass is 10.1. The number of thioether (sulfide) groups is 1. The maximum absolute atomic E-state index is 11.4. The number of carbonyl (C=O) groups excluding carboxylic acids is 1. The Kier molecular flexibility index (Phi) is 9.03. The van der Waals surface area contributed by atoms with Crippen LogP contribution in [0.25, 0.3) is 0 Å². The molecular weight excluding hydrogens is 228 g/mol. The van der Waals surface area contributed by atoms with E-state index in [1.807, 2.05) is 6.92 Å². The lowest BCUT2D eigenvalue weighted by Gasteiger charge is -2.13. The molecule has 0 heterocycles. The van der Waals surface area contributed by atoms with E-state index in [0.717, 1.165) is 12.8 Å². The van der Waals surface area contributed by atoms with Gasteiger partial charge in [0.05, 0.1) is 5.75 Å². The van der Waals surface area contributed by atoms with Crippen LogP contribution in [0.4, 0.5) is 0 Å². The summed E-state index contributed by atoms with van der Waals surface area (Å²) >= 11 is 1.41. The lowest BCUT2D eigenvalue weighted by molar-refractivity contribution is -0.141. The minimum atomic E-state index is -0.967. The number of nitrogens with two attached hydrogens (primary N) is 1. The van der Waals surface area contributed by atoms with Crippen molar-refractivity contribution < 1.29 is 14.7 Å². The summed E-state index contributed by atoms with van der Waals surface area (Å²) in [6.07, 6.45) is 2.20. The van der Waals surface area contributed by atoms with Gasteiger partial charge in [0, 0.05) is 12.3 Å². The fourth-order valence-corrected chi connectivity index (χ4v) is 1.73. The van der Waals surface area contributed by atoms with E-state index < -0.39 is 12.0 Å². The lowest BCUT2D eigenvalue weighted by Crippen LogP contribution is -2.41. The molecule has 94 valence electrons. The van der Waals surface area contributed by atoms with E-state index in [4.69, 9.17) is 10.8 Å². The highest BCUT2D eigenvalue weighted by atomic mass is 32.2. The summed E-state index contributed by atoms with van der Waals surface area (Å²) in [4.78, 5) is 22.2. The smallest absolute Gasteiger partial charge is 0.326 e. The second kappa shape index (κ2) is 9.47. The molecular formula is C10H20N2O3S. The summed E-state index contributed by atoms with van der Waals surface area (Å²) in [5.41, 5.74) is 5.28. The fourth-order valence-electron chi connectivity index (χ4n) is 1.15. The normalized spacial score (nSPS) is 12.1. The number of carboxylic acid groups (broad SMARTS) is 1. The number of aliphatic carboxylic acids is 1. The average Bonchev–Trinajstić information content (AvgIpc) is 2.24. The predicted octanol–water partition coefficient (Wildman–Crippen LogP) is 0.438. The van der Waals surface area contributed by atoms with Crippen LogP contribution in [0.2, 0.25) is 0 Å². The van der Waals surface area contributed by atoms with Gasteiger partial charge >= 0.3 is 5.97 Å². The van der Waals surface area contributed by atoms with Crippen molar-refractivity contribution in [2.24, 2.45) is 5.73 Å². The first-order chi connectivity index (χ1) is 7.61.